The largest absolute Gasteiger partial charge is 0.444 e. The summed E-state index contributed by atoms with van der Waals surface area (Å²) in [6.07, 6.45) is 3.50. The van der Waals surface area contributed by atoms with E-state index < -0.39 is 11.7 Å². The fourth-order valence-corrected chi connectivity index (χ4v) is 4.10. The Morgan fingerprint density at radius 2 is 2.10 bits per heavy atom. The Labute approximate surface area is 176 Å². The van der Waals surface area contributed by atoms with Crippen molar-refractivity contribution < 1.29 is 17.6 Å². The van der Waals surface area contributed by atoms with Gasteiger partial charge in [0.1, 0.15) is 5.56 Å². The van der Waals surface area contributed by atoms with Crippen molar-refractivity contribution >= 4 is 11.5 Å². The molecule has 1 saturated heterocycles. The number of rotatable bonds is 4. The topological polar surface area (TPSA) is 75.9 Å². The van der Waals surface area contributed by atoms with Gasteiger partial charge in [0.05, 0.1) is 11.9 Å². The number of nitrogens with one attached hydrogen (secondary N) is 2. The zero-order valence-corrected chi connectivity index (χ0v) is 16.5. The van der Waals surface area contributed by atoms with Gasteiger partial charge in [-0.3, -0.25) is 0 Å². The first-order valence-corrected chi connectivity index (χ1v) is 10.1. The molecule has 2 N–H and O–H groups in total. The van der Waals surface area contributed by atoms with Crippen molar-refractivity contribution in [3.63, 3.8) is 0 Å². The molecule has 6 nitrogen and oxygen atoms in total. The molecule has 5 rings (SSSR count). The molecule has 1 aliphatic carbocycles. The number of hydrogen-bond acceptors (Lipinski definition) is 6. The van der Waals surface area contributed by atoms with Crippen LogP contribution in [0.4, 0.5) is 19.1 Å². The minimum absolute atomic E-state index is 0.0904. The minimum atomic E-state index is -4.55. The van der Waals surface area contributed by atoms with Gasteiger partial charge < -0.3 is 15.1 Å². The van der Waals surface area contributed by atoms with Crippen molar-refractivity contribution in [1.29, 1.82) is 0 Å². The number of hydrogen-bond donors (Lipinski definition) is 2. The molecule has 1 aromatic carbocycles. The smallest absolute Gasteiger partial charge is 0.419 e. The van der Waals surface area contributed by atoms with E-state index in [1.54, 1.807) is 12.3 Å². The van der Waals surface area contributed by atoms with Gasteiger partial charge in [0.2, 0.25) is 5.95 Å². The summed E-state index contributed by atoms with van der Waals surface area (Å²) < 4.78 is 46.6. The summed E-state index contributed by atoms with van der Waals surface area (Å²) in [6.45, 7) is 1.67. The molecule has 0 radical (unpaired) electrons. The maximum Gasteiger partial charge on any atom is 0.419 e. The standard InChI is InChI=1S/C22H20F3N5O/c23-22(24,25)18-10-28-21(29-15-2-1-7-26-9-15)30-20(18)17-6-3-13-8-14(4-5-16(13)17)19-11-27-12-31-19/h4-6,8,10-12,15,26H,1-3,7,9H2,(H,28,29,30)/t15-/m0/s1. The van der Waals surface area contributed by atoms with Gasteiger partial charge in [-0.2, -0.15) is 13.2 Å². The maximum atomic E-state index is 13.8. The molecule has 1 aliphatic heterocycles. The second-order valence-corrected chi connectivity index (χ2v) is 7.70. The molecule has 2 aliphatic rings. The molecule has 160 valence electrons. The van der Waals surface area contributed by atoms with Crippen LogP contribution in [0.25, 0.3) is 16.9 Å². The fraction of sp³-hybridized carbons (Fsp3) is 0.318. The molecule has 0 amide bonds. The molecule has 1 fully saturated rings. The molecular formula is C22H20F3N5O. The average molecular weight is 427 g/mol. The van der Waals surface area contributed by atoms with Crippen LogP contribution in [0.3, 0.4) is 0 Å². The van der Waals surface area contributed by atoms with Crippen LogP contribution >= 0.6 is 0 Å². The highest BCUT2D eigenvalue weighted by Crippen LogP contribution is 2.40. The summed E-state index contributed by atoms with van der Waals surface area (Å²) in [6, 6.07) is 5.64. The van der Waals surface area contributed by atoms with Crippen LogP contribution in [-0.2, 0) is 12.6 Å². The van der Waals surface area contributed by atoms with E-state index in [9.17, 15) is 13.2 Å². The SMILES string of the molecule is FC(F)(F)c1cnc(N[C@H]2CCCNC2)nc1C1=CCc2cc(-c3cnco3)ccc21. The Balaban J connectivity index is 1.51. The molecule has 2 aromatic heterocycles. The minimum Gasteiger partial charge on any atom is -0.444 e. The van der Waals surface area contributed by atoms with Crippen LogP contribution in [0.15, 0.2) is 47.5 Å². The lowest BCUT2D eigenvalue weighted by Crippen LogP contribution is -2.38. The number of halogens is 3. The zero-order valence-electron chi connectivity index (χ0n) is 16.5. The number of benzene rings is 1. The molecule has 1 atom stereocenters. The monoisotopic (exact) mass is 427 g/mol. The van der Waals surface area contributed by atoms with E-state index >= 15 is 0 Å². The quantitative estimate of drug-likeness (QED) is 0.647. The third kappa shape index (κ3) is 3.93. The van der Waals surface area contributed by atoms with E-state index in [2.05, 4.69) is 25.6 Å². The van der Waals surface area contributed by atoms with Crippen molar-refractivity contribution in [2.45, 2.75) is 31.5 Å². The zero-order chi connectivity index (χ0) is 21.4. The summed E-state index contributed by atoms with van der Waals surface area (Å²) in [4.78, 5) is 12.2. The predicted molar refractivity (Wildman–Crippen MR) is 109 cm³/mol. The van der Waals surface area contributed by atoms with Gasteiger partial charge in [-0.05, 0) is 43.0 Å². The van der Waals surface area contributed by atoms with Gasteiger partial charge >= 0.3 is 6.18 Å². The average Bonchev–Trinajstić information content (AvgIpc) is 3.43. The van der Waals surface area contributed by atoms with Crippen molar-refractivity contribution in [2.24, 2.45) is 0 Å². The number of nitrogens with zero attached hydrogens (tertiary/aromatic N) is 3. The summed E-state index contributed by atoms with van der Waals surface area (Å²) in [5.41, 5.74) is 2.02. The molecule has 9 heteroatoms. The van der Waals surface area contributed by atoms with Gasteiger partial charge in [-0.25, -0.2) is 15.0 Å². The molecule has 0 bridgehead atoms. The lowest BCUT2D eigenvalue weighted by atomic mass is 9.98. The Kier molecular flexibility index (Phi) is 4.97. The molecule has 0 spiro atoms. The number of oxazole rings is 1. The summed E-state index contributed by atoms with van der Waals surface area (Å²) in [5.74, 6) is 0.825. The third-order valence-corrected chi connectivity index (χ3v) is 5.62. The van der Waals surface area contributed by atoms with E-state index in [0.717, 1.165) is 48.8 Å². The van der Waals surface area contributed by atoms with Crippen LogP contribution in [0.5, 0.6) is 0 Å². The lowest BCUT2D eigenvalue weighted by Gasteiger charge is -2.24. The summed E-state index contributed by atoms with van der Waals surface area (Å²) in [7, 11) is 0. The van der Waals surface area contributed by atoms with Gasteiger partial charge in [-0.15, -0.1) is 0 Å². The fourth-order valence-electron chi connectivity index (χ4n) is 4.10. The third-order valence-electron chi connectivity index (χ3n) is 5.62. The van der Waals surface area contributed by atoms with E-state index in [-0.39, 0.29) is 17.7 Å². The first-order chi connectivity index (χ1) is 15.0. The van der Waals surface area contributed by atoms with Crippen molar-refractivity contribution in [1.82, 2.24) is 20.3 Å². The number of allylic oxidation sites excluding steroid dienone is 1. The Bertz CT molecular complexity index is 1120. The highest BCUT2D eigenvalue weighted by Gasteiger charge is 2.37. The molecular weight excluding hydrogens is 407 g/mol. The van der Waals surface area contributed by atoms with Gasteiger partial charge in [0, 0.05) is 29.9 Å². The highest BCUT2D eigenvalue weighted by molar-refractivity contribution is 5.86. The number of aromatic nitrogens is 3. The maximum absolute atomic E-state index is 13.8. The highest BCUT2D eigenvalue weighted by atomic mass is 19.4. The Morgan fingerprint density at radius 1 is 1.19 bits per heavy atom. The van der Waals surface area contributed by atoms with Crippen LogP contribution in [0.1, 0.15) is 35.2 Å². The second kappa shape index (κ2) is 7.81. The van der Waals surface area contributed by atoms with E-state index in [1.165, 1.54) is 6.39 Å². The van der Waals surface area contributed by atoms with E-state index in [4.69, 9.17) is 4.42 Å². The predicted octanol–water partition coefficient (Wildman–Crippen LogP) is 4.30. The van der Waals surface area contributed by atoms with Crippen molar-refractivity contribution in [2.75, 3.05) is 18.4 Å². The van der Waals surface area contributed by atoms with Gasteiger partial charge in [0.15, 0.2) is 12.2 Å². The molecule has 0 saturated carbocycles. The number of anilines is 1. The van der Waals surface area contributed by atoms with Gasteiger partial charge in [-0.1, -0.05) is 18.2 Å². The number of fused-ring (bicyclic) bond motifs is 1. The van der Waals surface area contributed by atoms with Crippen molar-refractivity contribution in [3.8, 4) is 11.3 Å². The number of piperidine rings is 1. The lowest BCUT2D eigenvalue weighted by molar-refractivity contribution is -0.138. The van der Waals surface area contributed by atoms with Crippen LogP contribution in [0, 0.1) is 0 Å². The first kappa shape index (κ1) is 19.7. The van der Waals surface area contributed by atoms with E-state index in [1.807, 2.05) is 18.2 Å². The molecule has 3 heterocycles. The molecule has 3 aromatic rings. The van der Waals surface area contributed by atoms with Gasteiger partial charge in [0.25, 0.3) is 0 Å². The first-order valence-electron chi connectivity index (χ1n) is 10.1. The van der Waals surface area contributed by atoms with E-state index in [0.29, 0.717) is 17.8 Å². The van der Waals surface area contributed by atoms with Crippen LogP contribution in [-0.4, -0.2) is 34.1 Å². The second-order valence-electron chi connectivity index (χ2n) is 7.70. The molecule has 0 unspecified atom stereocenters. The van der Waals surface area contributed by atoms with Crippen LogP contribution in [0.2, 0.25) is 0 Å². The molecule has 31 heavy (non-hydrogen) atoms. The van der Waals surface area contributed by atoms with Crippen LogP contribution < -0.4 is 10.6 Å². The summed E-state index contributed by atoms with van der Waals surface area (Å²) in [5, 5.41) is 6.45. The Hall–Kier alpha value is -3.20. The number of alkyl halides is 3. The van der Waals surface area contributed by atoms with Crippen molar-refractivity contribution in [3.05, 3.63) is 65.4 Å². The Morgan fingerprint density at radius 3 is 2.84 bits per heavy atom. The summed E-state index contributed by atoms with van der Waals surface area (Å²) >= 11 is 0. The normalized spacial score (nSPS) is 18.5.